The van der Waals surface area contributed by atoms with Crippen molar-refractivity contribution in [2.24, 2.45) is 0 Å². The van der Waals surface area contributed by atoms with E-state index < -0.39 is 0 Å². The Labute approximate surface area is 100.0 Å². The van der Waals surface area contributed by atoms with Gasteiger partial charge in [-0.2, -0.15) is 0 Å². The molecule has 0 aliphatic heterocycles. The molecule has 0 aliphatic carbocycles. The van der Waals surface area contributed by atoms with E-state index in [-0.39, 0.29) is 0 Å². The van der Waals surface area contributed by atoms with E-state index in [2.05, 4.69) is 34.2 Å². The van der Waals surface area contributed by atoms with Gasteiger partial charge in [0.2, 0.25) is 0 Å². The molecule has 0 aliphatic rings. The maximum Gasteiger partial charge on any atom is 0.0967 e. The maximum absolute atomic E-state index is 4.61. The molecule has 2 heterocycles. The highest BCUT2D eigenvalue weighted by Crippen LogP contribution is 2.25. The Hall–Kier alpha value is -2.22. The third-order valence-electron chi connectivity index (χ3n) is 2.76. The van der Waals surface area contributed by atoms with Crippen LogP contribution < -0.4 is 0 Å². The molecule has 3 rings (SSSR count). The van der Waals surface area contributed by atoms with Crippen LogP contribution in [0, 0.1) is 6.92 Å². The number of fused-ring (bicyclic) bond motifs is 1. The van der Waals surface area contributed by atoms with E-state index in [1.165, 1.54) is 0 Å². The Balaban J connectivity index is 2.36. The summed E-state index contributed by atoms with van der Waals surface area (Å²) in [6, 6.07) is 16.3. The highest BCUT2D eigenvalue weighted by molar-refractivity contribution is 5.91. The molecule has 0 amide bonds. The van der Waals surface area contributed by atoms with Gasteiger partial charge in [0.25, 0.3) is 0 Å². The normalized spacial score (nSPS) is 10.6. The van der Waals surface area contributed by atoms with Gasteiger partial charge in [-0.05, 0) is 19.1 Å². The van der Waals surface area contributed by atoms with Gasteiger partial charge in [0.05, 0.1) is 11.2 Å². The molecule has 2 aromatic heterocycles. The molecule has 17 heavy (non-hydrogen) atoms. The second kappa shape index (κ2) is 3.98. The summed E-state index contributed by atoms with van der Waals surface area (Å²) in [5.74, 6) is 0. The molecule has 0 atom stereocenters. The molecule has 0 unspecified atom stereocenters. The topological polar surface area (TPSA) is 25.8 Å². The first kappa shape index (κ1) is 9.97. The lowest BCUT2D eigenvalue weighted by Gasteiger charge is -2.06. The third-order valence-corrected chi connectivity index (χ3v) is 2.76. The monoisotopic (exact) mass is 220 g/mol. The van der Waals surface area contributed by atoms with Gasteiger partial charge in [-0.15, -0.1) is 0 Å². The molecule has 82 valence electrons. The maximum atomic E-state index is 4.61. The average molecular weight is 220 g/mol. The predicted octanol–water partition coefficient (Wildman–Crippen LogP) is 3.61. The Morgan fingerprint density at radius 2 is 1.76 bits per heavy atom. The van der Waals surface area contributed by atoms with Crippen LogP contribution in [0.3, 0.4) is 0 Å². The SMILES string of the molecule is Cc1cc2cccnc2c(-c2ccccc2)n1. The van der Waals surface area contributed by atoms with E-state index in [4.69, 9.17) is 0 Å². The molecule has 0 bridgehead atoms. The number of rotatable bonds is 1. The van der Waals surface area contributed by atoms with Crippen LogP contribution in [0.15, 0.2) is 54.7 Å². The first-order valence-electron chi connectivity index (χ1n) is 5.62. The largest absolute Gasteiger partial charge is 0.254 e. The highest BCUT2D eigenvalue weighted by Gasteiger charge is 2.06. The van der Waals surface area contributed by atoms with E-state index in [0.29, 0.717) is 0 Å². The molecular weight excluding hydrogens is 208 g/mol. The summed E-state index contributed by atoms with van der Waals surface area (Å²) in [6.07, 6.45) is 1.81. The van der Waals surface area contributed by atoms with E-state index >= 15 is 0 Å². The van der Waals surface area contributed by atoms with Crippen LogP contribution in [0.4, 0.5) is 0 Å². The Morgan fingerprint density at radius 1 is 0.941 bits per heavy atom. The van der Waals surface area contributed by atoms with Gasteiger partial charge in [-0.25, -0.2) is 0 Å². The number of nitrogens with zero attached hydrogens (tertiary/aromatic N) is 2. The van der Waals surface area contributed by atoms with Gasteiger partial charge in [-0.1, -0.05) is 36.4 Å². The lowest BCUT2D eigenvalue weighted by Crippen LogP contribution is -1.91. The van der Waals surface area contributed by atoms with Gasteiger partial charge in [0.15, 0.2) is 0 Å². The zero-order valence-corrected chi connectivity index (χ0v) is 9.59. The quantitative estimate of drug-likeness (QED) is 0.626. The van der Waals surface area contributed by atoms with Crippen molar-refractivity contribution < 1.29 is 0 Å². The molecular formula is C15H12N2. The van der Waals surface area contributed by atoms with Crippen LogP contribution in [-0.4, -0.2) is 9.97 Å². The van der Waals surface area contributed by atoms with Gasteiger partial charge < -0.3 is 0 Å². The zero-order valence-electron chi connectivity index (χ0n) is 9.59. The first-order chi connectivity index (χ1) is 8.34. The lowest BCUT2D eigenvalue weighted by molar-refractivity contribution is 1.21. The van der Waals surface area contributed by atoms with Gasteiger partial charge in [-0.3, -0.25) is 9.97 Å². The van der Waals surface area contributed by atoms with Crippen LogP contribution >= 0.6 is 0 Å². The van der Waals surface area contributed by atoms with Crippen molar-refractivity contribution in [2.75, 3.05) is 0 Å². The van der Waals surface area contributed by atoms with Gasteiger partial charge in [0, 0.05) is 22.8 Å². The predicted molar refractivity (Wildman–Crippen MR) is 69.7 cm³/mol. The molecule has 0 saturated heterocycles. The van der Waals surface area contributed by atoms with Crippen molar-refractivity contribution in [1.82, 2.24) is 9.97 Å². The molecule has 2 heteroatoms. The fraction of sp³-hybridized carbons (Fsp3) is 0.0667. The summed E-state index contributed by atoms with van der Waals surface area (Å²) in [7, 11) is 0. The van der Waals surface area contributed by atoms with Crippen molar-refractivity contribution >= 4 is 10.9 Å². The number of pyridine rings is 2. The molecule has 2 nitrogen and oxygen atoms in total. The molecule has 1 aromatic carbocycles. The highest BCUT2D eigenvalue weighted by atomic mass is 14.8. The zero-order chi connectivity index (χ0) is 11.7. The molecule has 0 saturated carbocycles. The summed E-state index contributed by atoms with van der Waals surface area (Å²) in [5.41, 5.74) is 4.05. The summed E-state index contributed by atoms with van der Waals surface area (Å²) >= 11 is 0. The second-order valence-electron chi connectivity index (χ2n) is 4.05. The lowest BCUT2D eigenvalue weighted by atomic mass is 10.1. The van der Waals surface area contributed by atoms with Crippen molar-refractivity contribution in [1.29, 1.82) is 0 Å². The summed E-state index contributed by atoms with van der Waals surface area (Å²) in [5, 5.41) is 1.14. The summed E-state index contributed by atoms with van der Waals surface area (Å²) in [4.78, 5) is 9.05. The summed E-state index contributed by atoms with van der Waals surface area (Å²) in [6.45, 7) is 2.01. The standard InChI is InChI=1S/C15H12N2/c1-11-10-13-8-5-9-16-14(13)15(17-11)12-6-3-2-4-7-12/h2-10H,1H3. The van der Waals surface area contributed by atoms with Gasteiger partial charge >= 0.3 is 0 Å². The third kappa shape index (κ3) is 1.78. The molecule has 0 radical (unpaired) electrons. The van der Waals surface area contributed by atoms with Crippen molar-refractivity contribution in [3.8, 4) is 11.3 Å². The van der Waals surface area contributed by atoms with Crippen molar-refractivity contribution in [3.05, 3.63) is 60.4 Å². The summed E-state index contributed by atoms with van der Waals surface area (Å²) < 4.78 is 0. The van der Waals surface area contributed by atoms with Gasteiger partial charge in [0.1, 0.15) is 0 Å². The minimum absolute atomic E-state index is 0.959. The molecule has 0 fully saturated rings. The fourth-order valence-electron chi connectivity index (χ4n) is 2.02. The van der Waals surface area contributed by atoms with E-state index in [1.54, 1.807) is 0 Å². The number of aryl methyl sites for hydroxylation is 1. The van der Waals surface area contributed by atoms with Crippen molar-refractivity contribution in [2.45, 2.75) is 6.92 Å². The average Bonchev–Trinajstić information content (AvgIpc) is 2.39. The first-order valence-corrected chi connectivity index (χ1v) is 5.62. The fourth-order valence-corrected chi connectivity index (χ4v) is 2.02. The van der Waals surface area contributed by atoms with Crippen LogP contribution in [-0.2, 0) is 0 Å². The molecule has 0 spiro atoms. The van der Waals surface area contributed by atoms with Crippen LogP contribution in [0.25, 0.3) is 22.2 Å². The minimum atomic E-state index is 0.959. The van der Waals surface area contributed by atoms with Crippen LogP contribution in [0.5, 0.6) is 0 Å². The second-order valence-corrected chi connectivity index (χ2v) is 4.05. The van der Waals surface area contributed by atoms with Crippen molar-refractivity contribution in [3.63, 3.8) is 0 Å². The van der Waals surface area contributed by atoms with E-state index in [0.717, 1.165) is 27.9 Å². The number of hydrogen-bond donors (Lipinski definition) is 0. The Morgan fingerprint density at radius 3 is 2.59 bits per heavy atom. The number of hydrogen-bond acceptors (Lipinski definition) is 2. The Bertz CT molecular complexity index is 660. The Kier molecular flexibility index (Phi) is 2.33. The van der Waals surface area contributed by atoms with E-state index in [1.807, 2.05) is 37.4 Å². The van der Waals surface area contributed by atoms with E-state index in [9.17, 15) is 0 Å². The number of benzene rings is 1. The number of aromatic nitrogens is 2. The molecule has 3 aromatic rings. The minimum Gasteiger partial charge on any atom is -0.254 e. The van der Waals surface area contributed by atoms with Crippen LogP contribution in [0.2, 0.25) is 0 Å². The smallest absolute Gasteiger partial charge is 0.0967 e. The molecule has 0 N–H and O–H groups in total. The van der Waals surface area contributed by atoms with Crippen LogP contribution in [0.1, 0.15) is 5.69 Å².